The van der Waals surface area contributed by atoms with E-state index in [-0.39, 0.29) is 18.6 Å². The number of hydrogen-bond acceptors (Lipinski definition) is 4. The van der Waals surface area contributed by atoms with Gasteiger partial charge in [-0.15, -0.1) is 0 Å². The molecule has 16 heavy (non-hydrogen) atoms. The minimum Gasteiger partial charge on any atom is -0.395 e. The Morgan fingerprint density at radius 3 is 2.75 bits per heavy atom. The quantitative estimate of drug-likeness (QED) is 0.542. The lowest BCUT2D eigenvalue weighted by Gasteiger charge is -2.25. The van der Waals surface area contributed by atoms with Gasteiger partial charge in [-0.05, 0) is 19.9 Å². The van der Waals surface area contributed by atoms with Crippen LogP contribution in [0.3, 0.4) is 0 Å². The molecule has 0 bridgehead atoms. The van der Waals surface area contributed by atoms with E-state index in [1.54, 1.807) is 7.11 Å². The number of nitrogens with zero attached hydrogens (tertiary/aromatic N) is 1. The van der Waals surface area contributed by atoms with E-state index in [4.69, 9.17) is 9.84 Å². The molecule has 0 radical (unpaired) electrons. The van der Waals surface area contributed by atoms with Gasteiger partial charge in [0, 0.05) is 26.8 Å². The average molecular weight is 232 g/mol. The fourth-order valence-corrected chi connectivity index (χ4v) is 1.50. The van der Waals surface area contributed by atoms with Gasteiger partial charge >= 0.3 is 0 Å². The predicted molar refractivity (Wildman–Crippen MR) is 63.3 cm³/mol. The van der Waals surface area contributed by atoms with E-state index in [2.05, 4.69) is 5.32 Å². The fourth-order valence-electron chi connectivity index (χ4n) is 1.50. The maximum atomic E-state index is 11.7. The lowest BCUT2D eigenvalue weighted by molar-refractivity contribution is -0.126. The molecule has 1 amide bonds. The summed E-state index contributed by atoms with van der Waals surface area (Å²) >= 11 is 0. The number of hydrogen-bond donors (Lipinski definition) is 2. The number of nitrogens with one attached hydrogen (secondary N) is 1. The van der Waals surface area contributed by atoms with Crippen LogP contribution in [0.15, 0.2) is 0 Å². The van der Waals surface area contributed by atoms with Crippen LogP contribution in [-0.2, 0) is 9.53 Å². The van der Waals surface area contributed by atoms with Crippen LogP contribution >= 0.6 is 0 Å². The summed E-state index contributed by atoms with van der Waals surface area (Å²) in [6.45, 7) is 6.48. The summed E-state index contributed by atoms with van der Waals surface area (Å²) < 4.78 is 4.90. The number of aliphatic hydroxyl groups is 1. The zero-order chi connectivity index (χ0) is 12.4. The first-order chi connectivity index (χ1) is 7.67. The molecule has 0 aliphatic rings. The van der Waals surface area contributed by atoms with E-state index < -0.39 is 0 Å². The number of rotatable bonds is 9. The van der Waals surface area contributed by atoms with Crippen LogP contribution in [0.4, 0.5) is 0 Å². The van der Waals surface area contributed by atoms with Gasteiger partial charge in [-0.2, -0.15) is 0 Å². The average Bonchev–Trinajstić information content (AvgIpc) is 2.30. The van der Waals surface area contributed by atoms with Crippen molar-refractivity contribution in [1.82, 2.24) is 10.2 Å². The van der Waals surface area contributed by atoms with E-state index in [1.807, 2.05) is 18.7 Å². The normalized spacial score (nSPS) is 12.8. The molecule has 2 N–H and O–H groups in total. The molecular weight excluding hydrogens is 208 g/mol. The van der Waals surface area contributed by atoms with Crippen molar-refractivity contribution in [2.45, 2.75) is 26.3 Å². The Balaban J connectivity index is 3.86. The van der Waals surface area contributed by atoms with Gasteiger partial charge in [-0.3, -0.25) is 9.69 Å². The second-order valence-electron chi connectivity index (χ2n) is 3.67. The summed E-state index contributed by atoms with van der Waals surface area (Å²) in [5.41, 5.74) is 0. The van der Waals surface area contributed by atoms with Gasteiger partial charge < -0.3 is 15.2 Å². The van der Waals surface area contributed by atoms with Crippen molar-refractivity contribution in [2.24, 2.45) is 0 Å². The van der Waals surface area contributed by atoms with E-state index >= 15 is 0 Å². The van der Waals surface area contributed by atoms with Gasteiger partial charge in [0.25, 0.3) is 0 Å². The minimum atomic E-state index is -0.195. The first-order valence-electron chi connectivity index (χ1n) is 5.78. The molecule has 5 heteroatoms. The van der Waals surface area contributed by atoms with E-state index in [0.717, 1.165) is 13.0 Å². The molecule has 0 rings (SSSR count). The molecule has 0 aliphatic heterocycles. The van der Waals surface area contributed by atoms with Gasteiger partial charge in [-0.1, -0.05) is 6.92 Å². The molecule has 1 unspecified atom stereocenters. The van der Waals surface area contributed by atoms with E-state index in [1.165, 1.54) is 0 Å². The number of methoxy groups -OCH3 is 1. The van der Waals surface area contributed by atoms with Crippen LogP contribution in [0, 0.1) is 0 Å². The molecule has 0 aliphatic carbocycles. The standard InChI is InChI=1S/C11H24N2O3/c1-4-13(7-8-14)10(2)11(15)12-6-5-9-16-3/h10,14H,4-9H2,1-3H3,(H,12,15). The maximum absolute atomic E-state index is 11.7. The molecule has 96 valence electrons. The first kappa shape index (κ1) is 15.3. The first-order valence-corrected chi connectivity index (χ1v) is 5.78. The van der Waals surface area contributed by atoms with Gasteiger partial charge in [0.1, 0.15) is 0 Å². The van der Waals surface area contributed by atoms with Crippen molar-refractivity contribution >= 4 is 5.91 Å². The molecule has 0 aromatic rings. The highest BCUT2D eigenvalue weighted by molar-refractivity contribution is 5.81. The van der Waals surface area contributed by atoms with Crippen LogP contribution in [0.25, 0.3) is 0 Å². The topological polar surface area (TPSA) is 61.8 Å². The van der Waals surface area contributed by atoms with Crippen molar-refractivity contribution in [3.8, 4) is 0 Å². The largest absolute Gasteiger partial charge is 0.395 e. The highest BCUT2D eigenvalue weighted by atomic mass is 16.5. The van der Waals surface area contributed by atoms with Gasteiger partial charge in [0.15, 0.2) is 0 Å². The van der Waals surface area contributed by atoms with Crippen LogP contribution in [-0.4, -0.2) is 61.9 Å². The Bertz CT molecular complexity index is 188. The zero-order valence-corrected chi connectivity index (χ0v) is 10.5. The Labute approximate surface area is 97.8 Å². The summed E-state index contributed by atoms with van der Waals surface area (Å²) in [5.74, 6) is 0.00593. The summed E-state index contributed by atoms with van der Waals surface area (Å²) in [7, 11) is 1.64. The second kappa shape index (κ2) is 9.57. The SMILES string of the molecule is CCN(CCO)C(C)C(=O)NCCCOC. The monoisotopic (exact) mass is 232 g/mol. The van der Waals surface area contributed by atoms with Gasteiger partial charge in [0.05, 0.1) is 12.6 Å². The second-order valence-corrected chi connectivity index (χ2v) is 3.67. The summed E-state index contributed by atoms with van der Waals surface area (Å²) in [4.78, 5) is 13.6. The summed E-state index contributed by atoms with van der Waals surface area (Å²) in [6.07, 6.45) is 0.821. The number of likely N-dealkylation sites (N-methyl/N-ethyl adjacent to an activating group) is 1. The van der Waals surface area contributed by atoms with Crippen LogP contribution < -0.4 is 5.32 Å². The maximum Gasteiger partial charge on any atom is 0.237 e. The van der Waals surface area contributed by atoms with Crippen LogP contribution in [0.5, 0.6) is 0 Å². The molecule has 0 saturated carbocycles. The molecule has 0 aromatic heterocycles. The molecular formula is C11H24N2O3. The highest BCUT2D eigenvalue weighted by Gasteiger charge is 2.18. The Morgan fingerprint density at radius 2 is 2.25 bits per heavy atom. The summed E-state index contributed by atoms with van der Waals surface area (Å²) in [6, 6.07) is -0.195. The molecule has 0 aromatic carbocycles. The Kier molecular flexibility index (Phi) is 9.18. The number of carbonyl (C=O) groups is 1. The molecule has 1 atom stereocenters. The van der Waals surface area contributed by atoms with Crippen molar-refractivity contribution in [2.75, 3.05) is 40.0 Å². The highest BCUT2D eigenvalue weighted by Crippen LogP contribution is 1.98. The Hall–Kier alpha value is -0.650. The van der Waals surface area contributed by atoms with E-state index in [0.29, 0.717) is 19.7 Å². The smallest absolute Gasteiger partial charge is 0.237 e. The number of aliphatic hydroxyl groups excluding tert-OH is 1. The third-order valence-electron chi connectivity index (χ3n) is 2.55. The lowest BCUT2D eigenvalue weighted by Crippen LogP contribution is -2.46. The van der Waals surface area contributed by atoms with Crippen LogP contribution in [0.2, 0.25) is 0 Å². The fraction of sp³-hybridized carbons (Fsp3) is 0.909. The minimum absolute atomic E-state index is 0.00593. The zero-order valence-electron chi connectivity index (χ0n) is 10.5. The van der Waals surface area contributed by atoms with Crippen molar-refractivity contribution < 1.29 is 14.6 Å². The molecule has 0 spiro atoms. The third-order valence-corrected chi connectivity index (χ3v) is 2.55. The number of carbonyl (C=O) groups excluding carboxylic acids is 1. The summed E-state index contributed by atoms with van der Waals surface area (Å²) in [5, 5.41) is 11.7. The van der Waals surface area contributed by atoms with Crippen molar-refractivity contribution in [3.63, 3.8) is 0 Å². The predicted octanol–water partition coefficient (Wildman–Crippen LogP) is -0.158. The Morgan fingerprint density at radius 1 is 1.56 bits per heavy atom. The van der Waals surface area contributed by atoms with Gasteiger partial charge in [-0.25, -0.2) is 0 Å². The molecule has 0 fully saturated rings. The molecule has 5 nitrogen and oxygen atoms in total. The molecule has 0 heterocycles. The third kappa shape index (κ3) is 6.05. The number of ether oxygens (including phenoxy) is 1. The van der Waals surface area contributed by atoms with Crippen LogP contribution in [0.1, 0.15) is 20.3 Å². The van der Waals surface area contributed by atoms with Crippen molar-refractivity contribution in [3.05, 3.63) is 0 Å². The van der Waals surface area contributed by atoms with Crippen molar-refractivity contribution in [1.29, 1.82) is 0 Å². The molecule has 0 saturated heterocycles. The number of amides is 1. The lowest BCUT2D eigenvalue weighted by atomic mass is 10.2. The van der Waals surface area contributed by atoms with E-state index in [9.17, 15) is 4.79 Å². The van der Waals surface area contributed by atoms with Gasteiger partial charge in [0.2, 0.25) is 5.91 Å².